The van der Waals surface area contributed by atoms with E-state index in [-0.39, 0.29) is 0 Å². The quantitative estimate of drug-likeness (QED) is 0.761. The van der Waals surface area contributed by atoms with Crippen LogP contribution in [0.5, 0.6) is 0 Å². The molecule has 0 spiro atoms. The summed E-state index contributed by atoms with van der Waals surface area (Å²) >= 11 is 3.14. The third-order valence-corrected chi connectivity index (χ3v) is 2.15. The lowest BCUT2D eigenvalue weighted by atomic mass is 10.1. The Balaban J connectivity index is 2.15. The van der Waals surface area contributed by atoms with Gasteiger partial charge in [-0.3, -0.25) is 0 Å². The zero-order chi connectivity index (χ0) is 7.68. The fraction of sp³-hybridized carbons (Fsp3) is 0.667. The minimum absolute atomic E-state index is 0.411. The highest BCUT2D eigenvalue weighted by Gasteiger charge is 2.21. The van der Waals surface area contributed by atoms with Crippen molar-refractivity contribution in [2.24, 2.45) is 0 Å². The van der Waals surface area contributed by atoms with Crippen molar-refractivity contribution in [3.8, 4) is 0 Å². The van der Waals surface area contributed by atoms with E-state index in [0.29, 0.717) is 10.7 Å². The summed E-state index contributed by atoms with van der Waals surface area (Å²) in [6.45, 7) is 2.00. The number of nitrogens with zero attached hydrogens (tertiary/aromatic N) is 2. The summed E-state index contributed by atoms with van der Waals surface area (Å²) in [6.07, 6.45) is 1.09. The Hall–Kier alpha value is -0.420. The highest BCUT2D eigenvalue weighted by molar-refractivity contribution is 9.10. The maximum Gasteiger partial charge on any atom is 0.238 e. The van der Waals surface area contributed by atoms with Crippen LogP contribution in [0, 0.1) is 0 Å². The Morgan fingerprint density at radius 2 is 2.55 bits per heavy atom. The molecule has 11 heavy (non-hydrogen) atoms. The van der Waals surface area contributed by atoms with E-state index >= 15 is 0 Å². The summed E-state index contributed by atoms with van der Waals surface area (Å²) in [5, 5.41) is 6.90. The standard InChI is InChI=1S/C6H8BrN3O/c7-6-9-5(11-10-6)4-1-2-8-3-4/h4,8H,1-3H2. The number of nitrogens with one attached hydrogen (secondary N) is 1. The minimum atomic E-state index is 0.411. The van der Waals surface area contributed by atoms with E-state index in [4.69, 9.17) is 4.52 Å². The van der Waals surface area contributed by atoms with Gasteiger partial charge in [-0.15, -0.1) is 0 Å². The van der Waals surface area contributed by atoms with Gasteiger partial charge in [0.05, 0.1) is 5.92 Å². The van der Waals surface area contributed by atoms with Gasteiger partial charge in [-0.05, 0) is 34.1 Å². The summed E-state index contributed by atoms with van der Waals surface area (Å²) in [5.74, 6) is 1.15. The summed E-state index contributed by atoms with van der Waals surface area (Å²) in [4.78, 5) is 4.09. The first-order valence-corrected chi connectivity index (χ1v) is 4.35. The van der Waals surface area contributed by atoms with Crippen molar-refractivity contribution < 1.29 is 4.52 Å². The summed E-state index contributed by atoms with van der Waals surface area (Å²) in [5.41, 5.74) is 0. The summed E-state index contributed by atoms with van der Waals surface area (Å²) < 4.78 is 5.54. The van der Waals surface area contributed by atoms with Crippen LogP contribution in [0.1, 0.15) is 18.2 Å². The summed E-state index contributed by atoms with van der Waals surface area (Å²) in [6, 6.07) is 0. The van der Waals surface area contributed by atoms with Crippen molar-refractivity contribution in [1.29, 1.82) is 0 Å². The van der Waals surface area contributed by atoms with Crippen molar-refractivity contribution in [2.75, 3.05) is 13.1 Å². The monoisotopic (exact) mass is 217 g/mol. The van der Waals surface area contributed by atoms with Crippen LogP contribution in [0.25, 0.3) is 0 Å². The number of rotatable bonds is 1. The van der Waals surface area contributed by atoms with Crippen LogP contribution in [0.3, 0.4) is 0 Å². The van der Waals surface area contributed by atoms with E-state index in [1.807, 2.05) is 0 Å². The third kappa shape index (κ3) is 1.44. The highest BCUT2D eigenvalue weighted by atomic mass is 79.9. The Morgan fingerprint density at radius 1 is 1.64 bits per heavy atom. The van der Waals surface area contributed by atoms with Crippen molar-refractivity contribution in [2.45, 2.75) is 12.3 Å². The topological polar surface area (TPSA) is 51.0 Å². The van der Waals surface area contributed by atoms with Crippen LogP contribution in [0.2, 0.25) is 0 Å². The molecule has 1 aliphatic heterocycles. The predicted octanol–water partition coefficient (Wildman–Crippen LogP) is 0.909. The van der Waals surface area contributed by atoms with E-state index < -0.39 is 0 Å². The first-order valence-electron chi connectivity index (χ1n) is 3.56. The van der Waals surface area contributed by atoms with Crippen molar-refractivity contribution in [3.05, 3.63) is 10.6 Å². The van der Waals surface area contributed by atoms with E-state index in [1.165, 1.54) is 0 Å². The van der Waals surface area contributed by atoms with Gasteiger partial charge in [-0.2, -0.15) is 4.98 Å². The Kier molecular flexibility index (Phi) is 1.91. The molecule has 0 amide bonds. The number of aromatic nitrogens is 2. The fourth-order valence-corrected chi connectivity index (χ4v) is 1.49. The molecule has 1 saturated heterocycles. The molecule has 2 heterocycles. The van der Waals surface area contributed by atoms with Crippen LogP contribution in [-0.2, 0) is 0 Å². The number of halogens is 1. The molecule has 0 radical (unpaired) electrons. The van der Waals surface area contributed by atoms with Crippen LogP contribution in [0.4, 0.5) is 0 Å². The van der Waals surface area contributed by atoms with Gasteiger partial charge >= 0.3 is 0 Å². The highest BCUT2D eigenvalue weighted by Crippen LogP contribution is 2.21. The minimum Gasteiger partial charge on any atom is -0.338 e. The van der Waals surface area contributed by atoms with E-state index in [0.717, 1.165) is 25.4 Å². The van der Waals surface area contributed by atoms with Crippen molar-refractivity contribution in [1.82, 2.24) is 15.5 Å². The van der Waals surface area contributed by atoms with Gasteiger partial charge in [0.2, 0.25) is 10.6 Å². The van der Waals surface area contributed by atoms with Crippen LogP contribution in [-0.4, -0.2) is 23.2 Å². The molecule has 1 aliphatic rings. The van der Waals surface area contributed by atoms with Crippen molar-refractivity contribution in [3.63, 3.8) is 0 Å². The maximum absolute atomic E-state index is 5.00. The van der Waals surface area contributed by atoms with Gasteiger partial charge in [-0.1, -0.05) is 0 Å². The lowest BCUT2D eigenvalue weighted by Gasteiger charge is -1.97. The normalized spacial score (nSPS) is 24.3. The average Bonchev–Trinajstić information content (AvgIpc) is 2.55. The molecular formula is C6H8BrN3O. The largest absolute Gasteiger partial charge is 0.338 e. The van der Waals surface area contributed by atoms with Crippen LogP contribution < -0.4 is 5.32 Å². The molecule has 1 aromatic rings. The molecule has 2 rings (SSSR count). The molecule has 5 heteroatoms. The molecule has 1 atom stereocenters. The second-order valence-electron chi connectivity index (χ2n) is 2.59. The maximum atomic E-state index is 5.00. The third-order valence-electron chi connectivity index (χ3n) is 1.83. The molecule has 1 aromatic heterocycles. The fourth-order valence-electron chi connectivity index (χ4n) is 1.25. The van der Waals surface area contributed by atoms with Gasteiger partial charge in [0.1, 0.15) is 0 Å². The molecular weight excluding hydrogens is 210 g/mol. The van der Waals surface area contributed by atoms with Crippen LogP contribution in [0.15, 0.2) is 9.26 Å². The molecule has 1 fully saturated rings. The molecule has 60 valence electrons. The Morgan fingerprint density at radius 3 is 3.09 bits per heavy atom. The zero-order valence-corrected chi connectivity index (χ0v) is 7.47. The molecule has 0 aromatic carbocycles. The number of hydrogen-bond acceptors (Lipinski definition) is 4. The average molecular weight is 218 g/mol. The molecule has 0 saturated carbocycles. The molecule has 0 bridgehead atoms. The lowest BCUT2D eigenvalue weighted by Crippen LogP contribution is -2.07. The Bertz CT molecular complexity index is 244. The molecule has 1 unspecified atom stereocenters. The van der Waals surface area contributed by atoms with Gasteiger partial charge in [-0.25, -0.2) is 0 Å². The first-order chi connectivity index (χ1) is 5.36. The lowest BCUT2D eigenvalue weighted by molar-refractivity contribution is 0.356. The van der Waals surface area contributed by atoms with Gasteiger partial charge in [0, 0.05) is 6.54 Å². The molecule has 0 aliphatic carbocycles. The second kappa shape index (κ2) is 2.91. The Labute approximate surface area is 72.5 Å². The van der Waals surface area contributed by atoms with Crippen LogP contribution >= 0.6 is 15.9 Å². The van der Waals surface area contributed by atoms with E-state index in [1.54, 1.807) is 0 Å². The SMILES string of the molecule is Brc1noc(C2CCNC2)n1. The molecule has 1 N–H and O–H groups in total. The van der Waals surface area contributed by atoms with E-state index in [9.17, 15) is 0 Å². The summed E-state index contributed by atoms with van der Waals surface area (Å²) in [7, 11) is 0. The van der Waals surface area contributed by atoms with Gasteiger partial charge in [0.15, 0.2) is 0 Å². The van der Waals surface area contributed by atoms with Crippen molar-refractivity contribution >= 4 is 15.9 Å². The zero-order valence-electron chi connectivity index (χ0n) is 5.88. The molecule has 4 nitrogen and oxygen atoms in total. The first kappa shape index (κ1) is 7.24. The smallest absolute Gasteiger partial charge is 0.238 e. The van der Waals surface area contributed by atoms with Gasteiger partial charge < -0.3 is 9.84 Å². The number of hydrogen-bond donors (Lipinski definition) is 1. The van der Waals surface area contributed by atoms with E-state index in [2.05, 4.69) is 31.4 Å². The second-order valence-corrected chi connectivity index (χ2v) is 3.30. The van der Waals surface area contributed by atoms with Gasteiger partial charge in [0.25, 0.3) is 0 Å². The predicted molar refractivity (Wildman–Crippen MR) is 42.2 cm³/mol.